The Balaban J connectivity index is 1.17. The van der Waals surface area contributed by atoms with Crippen LogP contribution in [0.4, 0.5) is 5.69 Å². The van der Waals surface area contributed by atoms with E-state index in [4.69, 9.17) is 13.9 Å². The summed E-state index contributed by atoms with van der Waals surface area (Å²) in [5, 5.41) is 3.81. The number of amides is 1. The number of hydrogen-bond donors (Lipinski definition) is 1. The fourth-order valence-corrected chi connectivity index (χ4v) is 5.76. The molecule has 1 amide bonds. The lowest BCUT2D eigenvalue weighted by molar-refractivity contribution is -0.136. The molecule has 7 heteroatoms. The lowest BCUT2D eigenvalue weighted by Gasteiger charge is -2.41. The highest BCUT2D eigenvalue weighted by molar-refractivity contribution is 5.76. The molecule has 2 aromatic heterocycles. The molecule has 33 heavy (non-hydrogen) atoms. The van der Waals surface area contributed by atoms with Gasteiger partial charge in [0.05, 0.1) is 42.6 Å². The summed E-state index contributed by atoms with van der Waals surface area (Å²) in [5.74, 6) is 1.89. The van der Waals surface area contributed by atoms with Crippen LogP contribution >= 0.6 is 0 Å². The fraction of sp³-hybridized carbons (Fsp3) is 0.423. The second kappa shape index (κ2) is 7.70. The van der Waals surface area contributed by atoms with Crippen LogP contribution in [0.25, 0.3) is 5.69 Å². The number of ether oxygens (including phenoxy) is 2. The summed E-state index contributed by atoms with van der Waals surface area (Å²) in [6.45, 7) is 2.08. The highest BCUT2D eigenvalue weighted by Crippen LogP contribution is 2.50. The molecule has 0 unspecified atom stereocenters. The van der Waals surface area contributed by atoms with E-state index in [1.165, 1.54) is 5.69 Å². The monoisotopic (exact) mass is 447 g/mol. The van der Waals surface area contributed by atoms with Crippen molar-refractivity contribution in [3.8, 4) is 11.4 Å². The number of nitrogens with zero attached hydrogens (tertiary/aromatic N) is 2. The van der Waals surface area contributed by atoms with E-state index in [2.05, 4.69) is 40.3 Å². The Labute approximate surface area is 193 Å². The van der Waals surface area contributed by atoms with Gasteiger partial charge in [-0.3, -0.25) is 4.79 Å². The molecule has 2 saturated heterocycles. The Kier molecular flexibility index (Phi) is 4.76. The minimum atomic E-state index is -0.283. The molecule has 0 saturated carbocycles. The van der Waals surface area contributed by atoms with Gasteiger partial charge in [-0.25, -0.2) is 0 Å². The second-order valence-corrected chi connectivity index (χ2v) is 9.46. The van der Waals surface area contributed by atoms with Crippen molar-refractivity contribution in [1.82, 2.24) is 9.47 Å². The van der Waals surface area contributed by atoms with E-state index in [1.54, 1.807) is 13.4 Å². The molecule has 1 N–H and O–H groups in total. The van der Waals surface area contributed by atoms with Gasteiger partial charge in [-0.1, -0.05) is 0 Å². The maximum absolute atomic E-state index is 12.7. The molecule has 1 atom stereocenters. The topological polar surface area (TPSA) is 68.9 Å². The molecule has 3 aliphatic rings. The number of hydrogen-bond acceptors (Lipinski definition) is 5. The first-order valence-corrected chi connectivity index (χ1v) is 11.7. The Morgan fingerprint density at radius 2 is 2.06 bits per heavy atom. The van der Waals surface area contributed by atoms with Gasteiger partial charge in [0.2, 0.25) is 5.91 Å². The van der Waals surface area contributed by atoms with Crippen LogP contribution in [0.1, 0.15) is 37.1 Å². The Morgan fingerprint density at radius 1 is 1.18 bits per heavy atom. The maximum Gasteiger partial charge on any atom is 0.223 e. The SMILES string of the molecule is COc1ccc2c(c1)N[C@]1(COC3(CCN(C(=O)CCc4ccco4)CC3)C1)c1cccn1-2. The third-order valence-electron chi connectivity index (χ3n) is 7.52. The Morgan fingerprint density at radius 3 is 2.85 bits per heavy atom. The maximum atomic E-state index is 12.7. The number of likely N-dealkylation sites (tertiary alicyclic amines) is 1. The van der Waals surface area contributed by atoms with Gasteiger partial charge in [0.15, 0.2) is 0 Å². The van der Waals surface area contributed by atoms with Crippen molar-refractivity contribution in [3.63, 3.8) is 0 Å². The third kappa shape index (κ3) is 3.42. The van der Waals surface area contributed by atoms with E-state index in [1.807, 2.05) is 23.1 Å². The molecule has 1 aromatic carbocycles. The summed E-state index contributed by atoms with van der Waals surface area (Å²) in [5.41, 5.74) is 2.92. The summed E-state index contributed by atoms with van der Waals surface area (Å²) in [7, 11) is 1.69. The van der Waals surface area contributed by atoms with Crippen LogP contribution < -0.4 is 10.1 Å². The van der Waals surface area contributed by atoms with E-state index in [0.29, 0.717) is 19.4 Å². The molecule has 0 aliphatic carbocycles. The molecular formula is C26H29N3O4. The van der Waals surface area contributed by atoms with E-state index in [-0.39, 0.29) is 17.0 Å². The van der Waals surface area contributed by atoms with Gasteiger partial charge in [0, 0.05) is 44.6 Å². The number of aromatic nitrogens is 1. The summed E-state index contributed by atoms with van der Waals surface area (Å²) >= 11 is 0. The van der Waals surface area contributed by atoms with Crippen LogP contribution in [-0.2, 0) is 21.5 Å². The Hall–Kier alpha value is -3.19. The molecular weight excluding hydrogens is 418 g/mol. The predicted octanol–water partition coefficient (Wildman–Crippen LogP) is 4.11. The smallest absolute Gasteiger partial charge is 0.223 e. The summed E-state index contributed by atoms with van der Waals surface area (Å²) < 4.78 is 19.7. The largest absolute Gasteiger partial charge is 0.497 e. The third-order valence-corrected chi connectivity index (χ3v) is 7.52. The van der Waals surface area contributed by atoms with Gasteiger partial charge in [-0.15, -0.1) is 0 Å². The van der Waals surface area contributed by atoms with Crippen molar-refractivity contribution in [1.29, 1.82) is 0 Å². The normalized spacial score (nSPS) is 22.8. The number of benzene rings is 1. The first kappa shape index (κ1) is 20.4. The number of carbonyl (C=O) groups is 1. The minimum absolute atomic E-state index is 0.194. The minimum Gasteiger partial charge on any atom is -0.497 e. The number of anilines is 1. The number of carbonyl (C=O) groups excluding carboxylic acids is 1. The van der Waals surface area contributed by atoms with Crippen LogP contribution in [0.15, 0.2) is 59.3 Å². The summed E-state index contributed by atoms with van der Waals surface area (Å²) in [4.78, 5) is 14.7. The molecule has 3 aromatic rings. The number of methoxy groups -OCH3 is 1. The highest BCUT2D eigenvalue weighted by Gasteiger charge is 2.54. The number of aryl methyl sites for hydroxylation is 1. The zero-order chi connectivity index (χ0) is 22.5. The van der Waals surface area contributed by atoms with E-state index >= 15 is 0 Å². The van der Waals surface area contributed by atoms with Crippen LogP contribution in [0.5, 0.6) is 5.75 Å². The first-order chi connectivity index (χ1) is 16.1. The van der Waals surface area contributed by atoms with Crippen LogP contribution in [0.2, 0.25) is 0 Å². The van der Waals surface area contributed by atoms with Gasteiger partial charge in [-0.2, -0.15) is 0 Å². The van der Waals surface area contributed by atoms with E-state index in [9.17, 15) is 4.79 Å². The molecule has 3 aliphatic heterocycles. The zero-order valence-corrected chi connectivity index (χ0v) is 18.9. The van der Waals surface area contributed by atoms with Crippen molar-refractivity contribution in [3.05, 3.63) is 66.4 Å². The van der Waals surface area contributed by atoms with Crippen molar-refractivity contribution in [2.75, 3.05) is 32.1 Å². The predicted molar refractivity (Wildman–Crippen MR) is 124 cm³/mol. The fourth-order valence-electron chi connectivity index (χ4n) is 5.76. The van der Waals surface area contributed by atoms with Gasteiger partial charge in [0.25, 0.3) is 0 Å². The highest BCUT2D eigenvalue weighted by atomic mass is 16.5. The molecule has 0 bridgehead atoms. The van der Waals surface area contributed by atoms with Crippen molar-refractivity contribution in [2.24, 2.45) is 0 Å². The molecule has 172 valence electrons. The molecule has 7 nitrogen and oxygen atoms in total. The van der Waals surface area contributed by atoms with Crippen molar-refractivity contribution >= 4 is 11.6 Å². The van der Waals surface area contributed by atoms with E-state index in [0.717, 1.165) is 55.2 Å². The van der Waals surface area contributed by atoms with Crippen LogP contribution in [0.3, 0.4) is 0 Å². The number of rotatable bonds is 4. The lowest BCUT2D eigenvalue weighted by atomic mass is 9.79. The van der Waals surface area contributed by atoms with Crippen LogP contribution in [0, 0.1) is 0 Å². The summed E-state index contributed by atoms with van der Waals surface area (Å²) in [6, 6.07) is 14.2. The Bertz CT molecular complexity index is 1160. The number of piperidine rings is 1. The standard InChI is InChI=1S/C26H29N3O4/c1-31-20-6-8-22-21(16-20)27-26(23-5-2-12-29(22)23)17-25(33-18-26)10-13-28(14-11-25)24(30)9-7-19-4-3-15-32-19/h2-6,8,12,15-16,27H,7,9-11,13-14,17-18H2,1H3/t26-/m1/s1. The van der Waals surface area contributed by atoms with Gasteiger partial charge in [-0.05, 0) is 49.2 Å². The molecule has 2 fully saturated rings. The van der Waals surface area contributed by atoms with Gasteiger partial charge < -0.3 is 28.7 Å². The molecule has 0 radical (unpaired) electrons. The number of fused-ring (bicyclic) bond motifs is 4. The van der Waals surface area contributed by atoms with Crippen molar-refractivity contribution < 1.29 is 18.7 Å². The molecule has 5 heterocycles. The van der Waals surface area contributed by atoms with E-state index < -0.39 is 0 Å². The lowest BCUT2D eigenvalue weighted by Crippen LogP contribution is -2.48. The average molecular weight is 448 g/mol. The first-order valence-electron chi connectivity index (χ1n) is 11.7. The molecule has 6 rings (SSSR count). The zero-order valence-electron chi connectivity index (χ0n) is 18.9. The quantitative estimate of drug-likeness (QED) is 0.652. The number of nitrogens with one attached hydrogen (secondary N) is 1. The second-order valence-electron chi connectivity index (χ2n) is 9.46. The van der Waals surface area contributed by atoms with Crippen LogP contribution in [-0.4, -0.2) is 47.8 Å². The average Bonchev–Trinajstić information content (AvgIpc) is 3.60. The van der Waals surface area contributed by atoms with Crippen molar-refractivity contribution in [2.45, 2.75) is 43.2 Å². The van der Waals surface area contributed by atoms with Gasteiger partial charge in [0.1, 0.15) is 17.0 Å². The number of furan rings is 1. The summed E-state index contributed by atoms with van der Waals surface area (Å²) in [6.07, 6.45) is 7.50. The van der Waals surface area contributed by atoms with Gasteiger partial charge >= 0.3 is 0 Å². The molecule has 2 spiro atoms.